The SMILES string of the molecule is COc1ccc2c(c1)NS(=O)(=O)CC2. The Balaban J connectivity index is 2.44. The van der Waals surface area contributed by atoms with Gasteiger partial charge in [0.1, 0.15) is 5.75 Å². The second-order valence-corrected chi connectivity index (χ2v) is 5.04. The lowest BCUT2D eigenvalue weighted by Crippen LogP contribution is -2.23. The summed E-state index contributed by atoms with van der Waals surface area (Å²) in [4.78, 5) is 0. The number of fused-ring (bicyclic) bond motifs is 1. The first-order valence-electron chi connectivity index (χ1n) is 4.28. The van der Waals surface area contributed by atoms with Crippen LogP contribution in [0, 0.1) is 0 Å². The Morgan fingerprint density at radius 2 is 2.21 bits per heavy atom. The van der Waals surface area contributed by atoms with Crippen LogP contribution in [0.1, 0.15) is 5.56 Å². The number of benzene rings is 1. The molecule has 0 amide bonds. The standard InChI is InChI=1S/C9H11NO3S/c1-13-8-3-2-7-4-5-14(11,12)10-9(7)6-8/h2-3,6,10H,4-5H2,1H3. The Labute approximate surface area is 82.9 Å². The first-order chi connectivity index (χ1) is 6.61. The molecule has 5 heteroatoms. The van der Waals surface area contributed by atoms with Crippen LogP contribution in [-0.4, -0.2) is 21.3 Å². The molecule has 14 heavy (non-hydrogen) atoms. The molecule has 1 heterocycles. The lowest BCUT2D eigenvalue weighted by Gasteiger charge is -2.18. The highest BCUT2D eigenvalue weighted by molar-refractivity contribution is 7.92. The molecule has 0 saturated carbocycles. The van der Waals surface area contributed by atoms with Crippen molar-refractivity contribution >= 4 is 15.7 Å². The van der Waals surface area contributed by atoms with Gasteiger partial charge in [0.25, 0.3) is 0 Å². The maximum Gasteiger partial charge on any atom is 0.233 e. The molecule has 0 fully saturated rings. The van der Waals surface area contributed by atoms with Crippen molar-refractivity contribution in [3.63, 3.8) is 0 Å². The second kappa shape index (κ2) is 3.16. The molecule has 1 aromatic rings. The Morgan fingerprint density at radius 1 is 1.43 bits per heavy atom. The molecule has 0 saturated heterocycles. The number of sulfonamides is 1. The lowest BCUT2D eigenvalue weighted by molar-refractivity contribution is 0.415. The van der Waals surface area contributed by atoms with Crippen LogP contribution < -0.4 is 9.46 Å². The summed E-state index contributed by atoms with van der Waals surface area (Å²) in [5, 5.41) is 0. The first-order valence-corrected chi connectivity index (χ1v) is 5.93. The summed E-state index contributed by atoms with van der Waals surface area (Å²) in [7, 11) is -1.57. The van der Waals surface area contributed by atoms with E-state index in [-0.39, 0.29) is 5.75 Å². The van der Waals surface area contributed by atoms with Crippen LogP contribution in [0.15, 0.2) is 18.2 Å². The Hall–Kier alpha value is -1.23. The van der Waals surface area contributed by atoms with Gasteiger partial charge in [-0.1, -0.05) is 6.07 Å². The summed E-state index contributed by atoms with van der Waals surface area (Å²) >= 11 is 0. The van der Waals surface area contributed by atoms with Crippen LogP contribution >= 0.6 is 0 Å². The molecular formula is C9H11NO3S. The molecule has 2 rings (SSSR count). The van der Waals surface area contributed by atoms with Crippen molar-refractivity contribution in [2.45, 2.75) is 6.42 Å². The number of hydrogen-bond acceptors (Lipinski definition) is 3. The minimum Gasteiger partial charge on any atom is -0.497 e. The maximum absolute atomic E-state index is 11.3. The molecule has 0 atom stereocenters. The van der Waals surface area contributed by atoms with E-state index >= 15 is 0 Å². The van der Waals surface area contributed by atoms with E-state index in [2.05, 4.69) is 4.72 Å². The number of ether oxygens (including phenoxy) is 1. The van der Waals surface area contributed by atoms with E-state index in [1.807, 2.05) is 12.1 Å². The quantitative estimate of drug-likeness (QED) is 0.757. The van der Waals surface area contributed by atoms with E-state index in [0.29, 0.717) is 17.9 Å². The van der Waals surface area contributed by atoms with Crippen molar-refractivity contribution in [1.82, 2.24) is 0 Å². The molecular weight excluding hydrogens is 202 g/mol. The zero-order valence-corrected chi connectivity index (χ0v) is 8.60. The number of nitrogens with one attached hydrogen (secondary N) is 1. The van der Waals surface area contributed by atoms with Gasteiger partial charge in [0.2, 0.25) is 10.0 Å². The predicted octanol–water partition coefficient (Wildman–Crippen LogP) is 0.993. The molecule has 0 aromatic heterocycles. The summed E-state index contributed by atoms with van der Waals surface area (Å²) in [5.74, 6) is 0.820. The Kier molecular flexibility index (Phi) is 2.11. The van der Waals surface area contributed by atoms with Crippen molar-refractivity contribution in [2.24, 2.45) is 0 Å². The van der Waals surface area contributed by atoms with Gasteiger partial charge >= 0.3 is 0 Å². The van der Waals surface area contributed by atoms with E-state index < -0.39 is 10.0 Å². The zero-order chi connectivity index (χ0) is 10.2. The highest BCUT2D eigenvalue weighted by Gasteiger charge is 2.19. The predicted molar refractivity (Wildman–Crippen MR) is 54.1 cm³/mol. The molecule has 1 aromatic carbocycles. The number of rotatable bonds is 1. The number of hydrogen-bond donors (Lipinski definition) is 1. The molecule has 0 radical (unpaired) electrons. The summed E-state index contributed by atoms with van der Waals surface area (Å²) < 4.78 is 30.0. The number of methoxy groups -OCH3 is 1. The largest absolute Gasteiger partial charge is 0.497 e. The summed E-state index contributed by atoms with van der Waals surface area (Å²) in [6.45, 7) is 0. The molecule has 1 aliphatic heterocycles. The third-order valence-electron chi connectivity index (χ3n) is 2.22. The van der Waals surface area contributed by atoms with Crippen molar-refractivity contribution in [2.75, 3.05) is 17.6 Å². The average molecular weight is 213 g/mol. The molecule has 1 aliphatic rings. The van der Waals surface area contributed by atoms with Gasteiger partial charge in [-0.15, -0.1) is 0 Å². The van der Waals surface area contributed by atoms with Crippen LogP contribution in [-0.2, 0) is 16.4 Å². The van der Waals surface area contributed by atoms with Crippen molar-refractivity contribution in [3.05, 3.63) is 23.8 Å². The molecule has 0 unspecified atom stereocenters. The van der Waals surface area contributed by atoms with Gasteiger partial charge in [0, 0.05) is 6.07 Å². The van der Waals surface area contributed by atoms with Crippen molar-refractivity contribution in [3.8, 4) is 5.75 Å². The fraction of sp³-hybridized carbons (Fsp3) is 0.333. The number of anilines is 1. The van der Waals surface area contributed by atoms with E-state index in [4.69, 9.17) is 4.74 Å². The van der Waals surface area contributed by atoms with E-state index in [1.165, 1.54) is 0 Å². The Bertz CT molecular complexity index is 453. The maximum atomic E-state index is 11.3. The van der Waals surface area contributed by atoms with Gasteiger partial charge < -0.3 is 4.74 Å². The average Bonchev–Trinajstić information content (AvgIpc) is 2.15. The van der Waals surface area contributed by atoms with Crippen LogP contribution in [0.25, 0.3) is 0 Å². The van der Waals surface area contributed by atoms with Gasteiger partial charge in [0.05, 0.1) is 18.6 Å². The lowest BCUT2D eigenvalue weighted by atomic mass is 10.1. The third-order valence-corrected chi connectivity index (χ3v) is 3.50. The van der Waals surface area contributed by atoms with Crippen LogP contribution in [0.2, 0.25) is 0 Å². The van der Waals surface area contributed by atoms with E-state index in [0.717, 1.165) is 5.56 Å². The molecule has 0 bridgehead atoms. The fourth-order valence-corrected chi connectivity index (χ4v) is 2.57. The molecule has 4 nitrogen and oxygen atoms in total. The molecule has 1 N–H and O–H groups in total. The summed E-state index contributed by atoms with van der Waals surface area (Å²) in [6, 6.07) is 5.42. The topological polar surface area (TPSA) is 55.4 Å². The van der Waals surface area contributed by atoms with Gasteiger partial charge in [-0.05, 0) is 18.1 Å². The van der Waals surface area contributed by atoms with Gasteiger partial charge in [-0.3, -0.25) is 4.72 Å². The second-order valence-electron chi connectivity index (χ2n) is 3.19. The van der Waals surface area contributed by atoms with E-state index in [9.17, 15) is 8.42 Å². The minimum atomic E-state index is -3.13. The van der Waals surface area contributed by atoms with Gasteiger partial charge in [0.15, 0.2) is 0 Å². The third kappa shape index (κ3) is 1.68. The first kappa shape index (κ1) is 9.33. The molecule has 76 valence electrons. The van der Waals surface area contributed by atoms with Crippen LogP contribution in [0.5, 0.6) is 5.75 Å². The molecule has 0 aliphatic carbocycles. The Morgan fingerprint density at radius 3 is 2.93 bits per heavy atom. The van der Waals surface area contributed by atoms with Crippen molar-refractivity contribution in [1.29, 1.82) is 0 Å². The number of aryl methyl sites for hydroxylation is 1. The zero-order valence-electron chi connectivity index (χ0n) is 7.78. The fourth-order valence-electron chi connectivity index (χ4n) is 1.46. The summed E-state index contributed by atoms with van der Waals surface area (Å²) in [6.07, 6.45) is 0.564. The van der Waals surface area contributed by atoms with Crippen LogP contribution in [0.3, 0.4) is 0 Å². The highest BCUT2D eigenvalue weighted by atomic mass is 32.2. The minimum absolute atomic E-state index is 0.159. The monoisotopic (exact) mass is 213 g/mol. The van der Waals surface area contributed by atoms with Crippen molar-refractivity contribution < 1.29 is 13.2 Å². The molecule has 0 spiro atoms. The summed E-state index contributed by atoms with van der Waals surface area (Å²) in [5.41, 5.74) is 1.65. The van der Waals surface area contributed by atoms with Crippen LogP contribution in [0.4, 0.5) is 5.69 Å². The van der Waals surface area contributed by atoms with Gasteiger partial charge in [-0.25, -0.2) is 8.42 Å². The normalized spacial score (nSPS) is 18.1. The van der Waals surface area contributed by atoms with E-state index in [1.54, 1.807) is 13.2 Å². The smallest absolute Gasteiger partial charge is 0.233 e. The van der Waals surface area contributed by atoms with Gasteiger partial charge in [-0.2, -0.15) is 0 Å². The highest BCUT2D eigenvalue weighted by Crippen LogP contribution is 2.27.